The van der Waals surface area contributed by atoms with Crippen molar-refractivity contribution in [1.82, 2.24) is 0 Å². The Bertz CT molecular complexity index is 229. The van der Waals surface area contributed by atoms with Crippen LogP contribution in [0.5, 0.6) is 0 Å². The van der Waals surface area contributed by atoms with E-state index in [1.807, 2.05) is 0 Å². The molecule has 0 radical (unpaired) electrons. The fourth-order valence-electron chi connectivity index (χ4n) is 1.26. The Labute approximate surface area is 109 Å². The Balaban J connectivity index is 0. The van der Waals surface area contributed by atoms with Crippen LogP contribution in [0.3, 0.4) is 0 Å². The van der Waals surface area contributed by atoms with Crippen LogP contribution in [0.2, 0.25) is 0 Å². The minimum Gasteiger partial charge on any atom is -0.465 e. The Morgan fingerprint density at radius 1 is 1.33 bits per heavy atom. The lowest BCUT2D eigenvalue weighted by Gasteiger charge is -2.10. The van der Waals surface area contributed by atoms with Gasteiger partial charge in [-0.25, -0.2) is 10.2 Å². The van der Waals surface area contributed by atoms with Gasteiger partial charge in [0.15, 0.2) is 0 Å². The van der Waals surface area contributed by atoms with Gasteiger partial charge < -0.3 is 16.2 Å². The minimum atomic E-state index is -0.474. The van der Waals surface area contributed by atoms with Gasteiger partial charge in [0.25, 0.3) is 0 Å². The summed E-state index contributed by atoms with van der Waals surface area (Å²) in [6.45, 7) is 3.26. The summed E-state index contributed by atoms with van der Waals surface area (Å²) in [5.74, 6) is -0.275. The Hall–Kier alpha value is -1.23. The molecule has 0 aliphatic heterocycles. The maximum atomic E-state index is 11.3. The molecule has 0 saturated heterocycles. The molecule has 0 aromatic heterocycles. The van der Waals surface area contributed by atoms with Gasteiger partial charge >= 0.3 is 5.97 Å². The predicted molar refractivity (Wildman–Crippen MR) is 69.8 cm³/mol. The first-order valence-electron chi connectivity index (χ1n) is 6.30. The van der Waals surface area contributed by atoms with Gasteiger partial charge in [0.1, 0.15) is 6.04 Å². The van der Waals surface area contributed by atoms with Crippen LogP contribution in [0, 0.1) is 5.41 Å². The van der Waals surface area contributed by atoms with E-state index in [0.29, 0.717) is 19.6 Å². The third-order valence-corrected chi connectivity index (χ3v) is 2.26. The van der Waals surface area contributed by atoms with E-state index in [4.69, 9.17) is 26.4 Å². The molecular weight excluding hydrogens is 234 g/mol. The van der Waals surface area contributed by atoms with E-state index in [-0.39, 0.29) is 5.97 Å². The smallest absolute Gasteiger partial charge is 0.322 e. The zero-order valence-electron chi connectivity index (χ0n) is 11.1. The van der Waals surface area contributed by atoms with E-state index in [9.17, 15) is 4.79 Å². The average Bonchev–Trinajstić information content (AvgIpc) is 2.35. The second kappa shape index (κ2) is 15.8. The van der Waals surface area contributed by atoms with Crippen molar-refractivity contribution in [3.8, 4) is 0 Å². The summed E-state index contributed by atoms with van der Waals surface area (Å²) >= 11 is 0. The zero-order valence-corrected chi connectivity index (χ0v) is 11.1. The van der Waals surface area contributed by atoms with E-state index in [2.05, 4.69) is 6.92 Å². The van der Waals surface area contributed by atoms with Crippen molar-refractivity contribution in [2.75, 3.05) is 13.2 Å². The molecule has 106 valence electrons. The standard InChI is InChI=1S/C11H24N2O2.CHNO/c1-2-3-6-9-15-11(14)10(13)7-4-5-8-12;2-1-3/h10H,2-9,12-13H2,1H3;2H. The molecular formula is C12H25N3O3. The maximum absolute atomic E-state index is 11.3. The van der Waals surface area contributed by atoms with Crippen molar-refractivity contribution in [2.24, 2.45) is 11.5 Å². The molecule has 0 aliphatic carbocycles. The van der Waals surface area contributed by atoms with Crippen LogP contribution in [-0.2, 0) is 14.3 Å². The second-order valence-electron chi connectivity index (χ2n) is 3.87. The highest BCUT2D eigenvalue weighted by Gasteiger charge is 2.13. The van der Waals surface area contributed by atoms with Crippen LogP contribution in [0.15, 0.2) is 0 Å². The summed E-state index contributed by atoms with van der Waals surface area (Å²) in [6, 6.07) is -0.474. The second-order valence-corrected chi connectivity index (χ2v) is 3.87. The summed E-state index contributed by atoms with van der Waals surface area (Å²) in [5.41, 5.74) is 11.0. The molecule has 1 unspecified atom stereocenters. The van der Waals surface area contributed by atoms with E-state index >= 15 is 0 Å². The van der Waals surface area contributed by atoms with Crippen LogP contribution < -0.4 is 11.5 Å². The van der Waals surface area contributed by atoms with Crippen molar-refractivity contribution in [2.45, 2.75) is 51.5 Å². The molecule has 18 heavy (non-hydrogen) atoms. The fourth-order valence-corrected chi connectivity index (χ4v) is 1.26. The fraction of sp³-hybridized carbons (Fsp3) is 0.833. The molecule has 1 atom stereocenters. The van der Waals surface area contributed by atoms with Crippen LogP contribution >= 0.6 is 0 Å². The van der Waals surface area contributed by atoms with Crippen molar-refractivity contribution in [1.29, 1.82) is 5.41 Å². The van der Waals surface area contributed by atoms with Crippen molar-refractivity contribution >= 4 is 12.0 Å². The number of hydrogen-bond acceptors (Lipinski definition) is 6. The van der Waals surface area contributed by atoms with Gasteiger partial charge in [-0.3, -0.25) is 4.79 Å². The first-order valence-corrected chi connectivity index (χ1v) is 6.30. The van der Waals surface area contributed by atoms with E-state index in [1.165, 1.54) is 0 Å². The third kappa shape index (κ3) is 14.8. The van der Waals surface area contributed by atoms with Crippen LogP contribution in [0.25, 0.3) is 0 Å². The van der Waals surface area contributed by atoms with Gasteiger partial charge in [-0.05, 0) is 25.8 Å². The van der Waals surface area contributed by atoms with E-state index in [1.54, 1.807) is 0 Å². The van der Waals surface area contributed by atoms with Crippen LogP contribution in [-0.4, -0.2) is 31.2 Å². The number of hydrogen-bond donors (Lipinski definition) is 3. The Kier molecular flexibility index (Phi) is 16.7. The number of unbranched alkanes of at least 4 members (excludes halogenated alkanes) is 3. The number of carbonyl (C=O) groups excluding carboxylic acids is 2. The lowest BCUT2D eigenvalue weighted by Crippen LogP contribution is -2.32. The number of isocyanates is 1. The molecule has 0 aliphatic rings. The highest BCUT2D eigenvalue weighted by atomic mass is 16.5. The van der Waals surface area contributed by atoms with Gasteiger partial charge in [-0.1, -0.05) is 26.2 Å². The molecule has 5 N–H and O–H groups in total. The summed E-state index contributed by atoms with van der Waals surface area (Å²) < 4.78 is 5.04. The van der Waals surface area contributed by atoms with Gasteiger partial charge in [0.05, 0.1) is 6.61 Å². The molecule has 0 fully saturated rings. The quantitative estimate of drug-likeness (QED) is 0.248. The monoisotopic (exact) mass is 259 g/mol. The Morgan fingerprint density at radius 3 is 2.44 bits per heavy atom. The molecule has 6 nitrogen and oxygen atoms in total. The number of esters is 1. The third-order valence-electron chi connectivity index (χ3n) is 2.26. The molecule has 0 aromatic rings. The van der Waals surface area contributed by atoms with Gasteiger partial charge in [0, 0.05) is 0 Å². The normalized spacial score (nSPS) is 10.8. The number of nitrogens with two attached hydrogens (primary N) is 2. The number of carbonyl (C=O) groups is 1. The number of rotatable bonds is 9. The van der Waals surface area contributed by atoms with Crippen LogP contribution in [0.1, 0.15) is 45.4 Å². The molecule has 6 heteroatoms. The first-order chi connectivity index (χ1) is 8.63. The summed E-state index contributed by atoms with van der Waals surface area (Å²) in [6.07, 6.45) is 6.37. The molecule has 0 saturated carbocycles. The first kappa shape index (κ1) is 19.1. The number of ether oxygens (including phenoxy) is 1. The van der Waals surface area contributed by atoms with Gasteiger partial charge in [-0.15, -0.1) is 0 Å². The van der Waals surface area contributed by atoms with E-state index < -0.39 is 6.04 Å². The molecule has 0 spiro atoms. The summed E-state index contributed by atoms with van der Waals surface area (Å²) in [4.78, 5) is 19.7. The largest absolute Gasteiger partial charge is 0.465 e. The predicted octanol–water partition coefficient (Wildman–Crippen LogP) is 1.08. The zero-order chi connectivity index (χ0) is 14.2. The maximum Gasteiger partial charge on any atom is 0.322 e. The summed E-state index contributed by atoms with van der Waals surface area (Å²) in [7, 11) is 0. The topological polar surface area (TPSA) is 119 Å². The molecule has 0 bridgehead atoms. The lowest BCUT2D eigenvalue weighted by atomic mass is 10.1. The highest BCUT2D eigenvalue weighted by molar-refractivity contribution is 5.75. The average molecular weight is 259 g/mol. The molecule has 0 aromatic carbocycles. The van der Waals surface area contributed by atoms with Gasteiger partial charge in [-0.2, -0.15) is 0 Å². The van der Waals surface area contributed by atoms with Gasteiger partial charge in [0.2, 0.25) is 6.08 Å². The summed E-state index contributed by atoms with van der Waals surface area (Å²) in [5, 5.41) is 5.40. The lowest BCUT2D eigenvalue weighted by molar-refractivity contribution is -0.145. The molecule has 0 amide bonds. The van der Waals surface area contributed by atoms with Crippen molar-refractivity contribution in [3.63, 3.8) is 0 Å². The molecule has 0 rings (SSSR count). The molecule has 0 heterocycles. The van der Waals surface area contributed by atoms with E-state index in [0.717, 1.165) is 38.2 Å². The Morgan fingerprint density at radius 2 is 1.94 bits per heavy atom. The van der Waals surface area contributed by atoms with Crippen molar-refractivity contribution in [3.05, 3.63) is 0 Å². The number of nitrogens with one attached hydrogen (secondary N) is 1. The minimum absolute atomic E-state index is 0.275. The highest BCUT2D eigenvalue weighted by Crippen LogP contribution is 2.01. The SMILES string of the molecule is CCCCCOC(=O)C(N)CCCCN.N=C=O. The van der Waals surface area contributed by atoms with Crippen LogP contribution in [0.4, 0.5) is 0 Å². The van der Waals surface area contributed by atoms with Crippen molar-refractivity contribution < 1.29 is 14.3 Å².